The molecule has 0 aliphatic carbocycles. The van der Waals surface area contributed by atoms with E-state index in [0.29, 0.717) is 11.9 Å². The zero-order valence-corrected chi connectivity index (χ0v) is 12.0. The number of halogens is 1. The van der Waals surface area contributed by atoms with Crippen LogP contribution in [-0.2, 0) is 0 Å². The topological polar surface area (TPSA) is 51.5 Å². The number of hydrogen-bond acceptors (Lipinski definition) is 4. The Bertz CT molecular complexity index is 549. The number of rotatable bonds is 2. The number of hydrogen-bond donors (Lipinski definition) is 1. The van der Waals surface area contributed by atoms with Crippen molar-refractivity contribution >= 4 is 18.1 Å². The van der Waals surface area contributed by atoms with E-state index in [2.05, 4.69) is 22.2 Å². The van der Waals surface area contributed by atoms with Crippen molar-refractivity contribution in [1.82, 2.24) is 19.7 Å². The van der Waals surface area contributed by atoms with Gasteiger partial charge in [-0.2, -0.15) is 0 Å². The molecular weight excluding hydrogens is 264 g/mol. The molecule has 0 amide bonds. The van der Waals surface area contributed by atoms with Crippen LogP contribution in [0.4, 0.5) is 0 Å². The van der Waals surface area contributed by atoms with Gasteiger partial charge in [-0.3, -0.25) is 0 Å². The Morgan fingerprint density at radius 3 is 3.00 bits per heavy atom. The third-order valence-corrected chi connectivity index (χ3v) is 3.36. The normalized spacial score (nSPS) is 23.1. The van der Waals surface area contributed by atoms with Crippen molar-refractivity contribution in [3.05, 3.63) is 24.3 Å². The maximum atomic E-state index is 5.97. The number of nitrogens with one attached hydrogen (secondary N) is 1. The summed E-state index contributed by atoms with van der Waals surface area (Å²) in [6, 6.07) is 0.585. The van der Waals surface area contributed by atoms with Crippen LogP contribution < -0.4 is 10.1 Å². The molecule has 2 atom stereocenters. The molecule has 2 aromatic rings. The molecule has 1 aliphatic rings. The molecular formula is C13H19ClN4O. The van der Waals surface area contributed by atoms with Gasteiger partial charge in [0.25, 0.3) is 5.88 Å². The summed E-state index contributed by atoms with van der Waals surface area (Å²) in [5, 5.41) is 3.43. The largest absolute Gasteiger partial charge is 0.470 e. The van der Waals surface area contributed by atoms with Gasteiger partial charge in [-0.25, -0.2) is 9.97 Å². The second-order valence-corrected chi connectivity index (χ2v) is 4.97. The highest BCUT2D eigenvalue weighted by molar-refractivity contribution is 5.85. The van der Waals surface area contributed by atoms with Gasteiger partial charge < -0.3 is 14.5 Å². The second kappa shape index (κ2) is 5.75. The SMILES string of the molecule is Cc1cn2ccnc(O[C@@H]3CC[C@@H](C)NC3)c2n1.Cl. The molecule has 0 aromatic carbocycles. The van der Waals surface area contributed by atoms with Gasteiger partial charge in [0, 0.05) is 31.2 Å². The van der Waals surface area contributed by atoms with Gasteiger partial charge in [-0.1, -0.05) is 0 Å². The first-order valence-electron chi connectivity index (χ1n) is 6.43. The molecule has 1 aliphatic heterocycles. The van der Waals surface area contributed by atoms with Crippen molar-refractivity contribution in [2.75, 3.05) is 6.54 Å². The molecule has 19 heavy (non-hydrogen) atoms. The summed E-state index contributed by atoms with van der Waals surface area (Å²) >= 11 is 0. The van der Waals surface area contributed by atoms with Gasteiger partial charge in [-0.05, 0) is 26.7 Å². The fourth-order valence-electron chi connectivity index (χ4n) is 2.33. The number of piperidine rings is 1. The first-order chi connectivity index (χ1) is 8.72. The summed E-state index contributed by atoms with van der Waals surface area (Å²) in [6.07, 6.45) is 8.02. The lowest BCUT2D eigenvalue weighted by molar-refractivity contribution is 0.148. The predicted octanol–water partition coefficient (Wildman–Crippen LogP) is 1.98. The minimum atomic E-state index is 0. The third kappa shape index (κ3) is 2.98. The molecule has 0 saturated carbocycles. The second-order valence-electron chi connectivity index (χ2n) is 4.97. The van der Waals surface area contributed by atoms with Crippen LogP contribution in [0.5, 0.6) is 5.88 Å². The zero-order valence-electron chi connectivity index (χ0n) is 11.2. The van der Waals surface area contributed by atoms with E-state index < -0.39 is 0 Å². The zero-order chi connectivity index (χ0) is 12.5. The highest BCUT2D eigenvalue weighted by Gasteiger charge is 2.20. The fraction of sp³-hybridized carbons (Fsp3) is 0.538. The number of aryl methyl sites for hydroxylation is 1. The molecule has 2 aromatic heterocycles. The Labute approximate surface area is 118 Å². The van der Waals surface area contributed by atoms with Crippen LogP contribution in [0.3, 0.4) is 0 Å². The van der Waals surface area contributed by atoms with Crippen LogP contribution in [0.2, 0.25) is 0 Å². The first-order valence-corrected chi connectivity index (χ1v) is 6.43. The van der Waals surface area contributed by atoms with Crippen molar-refractivity contribution in [3.63, 3.8) is 0 Å². The number of ether oxygens (including phenoxy) is 1. The van der Waals surface area contributed by atoms with Gasteiger partial charge in [0.15, 0.2) is 0 Å². The average molecular weight is 283 g/mol. The molecule has 104 valence electrons. The minimum absolute atomic E-state index is 0. The van der Waals surface area contributed by atoms with E-state index in [4.69, 9.17) is 4.74 Å². The van der Waals surface area contributed by atoms with E-state index in [1.54, 1.807) is 6.20 Å². The average Bonchev–Trinajstić information content (AvgIpc) is 2.73. The van der Waals surface area contributed by atoms with Gasteiger partial charge >= 0.3 is 0 Å². The van der Waals surface area contributed by atoms with Crippen LogP contribution in [0, 0.1) is 6.92 Å². The lowest BCUT2D eigenvalue weighted by Crippen LogP contribution is -2.42. The van der Waals surface area contributed by atoms with Crippen LogP contribution in [0.15, 0.2) is 18.6 Å². The Kier molecular flexibility index (Phi) is 4.27. The van der Waals surface area contributed by atoms with Gasteiger partial charge in [-0.15, -0.1) is 12.4 Å². The third-order valence-electron chi connectivity index (χ3n) is 3.36. The van der Waals surface area contributed by atoms with Crippen LogP contribution in [0.25, 0.3) is 5.65 Å². The summed E-state index contributed by atoms with van der Waals surface area (Å²) in [5.74, 6) is 0.631. The van der Waals surface area contributed by atoms with E-state index >= 15 is 0 Å². The maximum absolute atomic E-state index is 5.97. The summed E-state index contributed by atoms with van der Waals surface area (Å²) in [5.41, 5.74) is 1.77. The standard InChI is InChI=1S/C13H18N4O.ClH/c1-9-3-4-11(7-15-9)18-13-12-16-10(2)8-17(12)6-5-14-13;/h5-6,8-9,11,15H,3-4,7H2,1-2H3;1H/t9-,11-;/m1./s1. The summed E-state index contributed by atoms with van der Waals surface area (Å²) < 4.78 is 7.93. The molecule has 1 fully saturated rings. The summed E-state index contributed by atoms with van der Waals surface area (Å²) in [7, 11) is 0. The number of imidazole rings is 1. The van der Waals surface area contributed by atoms with Crippen molar-refractivity contribution < 1.29 is 4.74 Å². The number of fused-ring (bicyclic) bond motifs is 1. The van der Waals surface area contributed by atoms with Crippen LogP contribution >= 0.6 is 12.4 Å². The van der Waals surface area contributed by atoms with Gasteiger partial charge in [0.1, 0.15) is 6.10 Å². The highest BCUT2D eigenvalue weighted by Crippen LogP contribution is 2.19. The lowest BCUT2D eigenvalue weighted by atomic mass is 10.0. The van der Waals surface area contributed by atoms with E-state index in [0.717, 1.165) is 30.7 Å². The van der Waals surface area contributed by atoms with E-state index in [1.165, 1.54) is 0 Å². The van der Waals surface area contributed by atoms with Crippen molar-refractivity contribution in [2.24, 2.45) is 0 Å². The minimum Gasteiger partial charge on any atom is -0.470 e. The van der Waals surface area contributed by atoms with E-state index in [-0.39, 0.29) is 18.5 Å². The fourth-order valence-corrected chi connectivity index (χ4v) is 2.33. The number of nitrogens with zero attached hydrogens (tertiary/aromatic N) is 3. The molecule has 3 heterocycles. The number of aromatic nitrogens is 3. The molecule has 0 spiro atoms. The van der Waals surface area contributed by atoms with Crippen LogP contribution in [0.1, 0.15) is 25.5 Å². The molecule has 0 unspecified atom stereocenters. The van der Waals surface area contributed by atoms with E-state index in [9.17, 15) is 0 Å². The molecule has 5 nitrogen and oxygen atoms in total. The van der Waals surface area contributed by atoms with Crippen molar-refractivity contribution in [3.8, 4) is 5.88 Å². The Morgan fingerprint density at radius 1 is 1.42 bits per heavy atom. The predicted molar refractivity (Wildman–Crippen MR) is 76.1 cm³/mol. The Morgan fingerprint density at radius 2 is 2.26 bits per heavy atom. The maximum Gasteiger partial charge on any atom is 0.258 e. The molecule has 6 heteroatoms. The molecule has 0 radical (unpaired) electrons. The molecule has 1 N–H and O–H groups in total. The molecule has 1 saturated heterocycles. The summed E-state index contributed by atoms with van der Waals surface area (Å²) in [6.45, 7) is 5.05. The highest BCUT2D eigenvalue weighted by atomic mass is 35.5. The van der Waals surface area contributed by atoms with Gasteiger partial charge in [0.05, 0.1) is 5.69 Å². The van der Waals surface area contributed by atoms with Crippen LogP contribution in [-0.4, -0.2) is 33.1 Å². The van der Waals surface area contributed by atoms with Gasteiger partial charge in [0.2, 0.25) is 5.65 Å². The quantitative estimate of drug-likeness (QED) is 0.915. The first kappa shape index (κ1) is 14.1. The van der Waals surface area contributed by atoms with Crippen molar-refractivity contribution in [2.45, 2.75) is 38.8 Å². The lowest BCUT2D eigenvalue weighted by Gasteiger charge is -2.27. The van der Waals surface area contributed by atoms with E-state index in [1.807, 2.05) is 23.7 Å². The Balaban J connectivity index is 0.00000133. The molecule has 3 rings (SSSR count). The monoisotopic (exact) mass is 282 g/mol. The molecule has 0 bridgehead atoms. The summed E-state index contributed by atoms with van der Waals surface area (Å²) in [4.78, 5) is 8.75. The smallest absolute Gasteiger partial charge is 0.258 e. The Hall–Kier alpha value is -1.33. The van der Waals surface area contributed by atoms with Crippen molar-refractivity contribution in [1.29, 1.82) is 0 Å².